The molecule has 0 aromatic heterocycles. The standard InChI is InChI=1S/C32H43N3O5S/c1-2-24-10-12-30-26(21-24)28(22-32(14-6-15-32)41(30,38)39)33-23-29(36)27(11-9-25-7-4-3-5-8-25)34-31(37)13-16-35-17-19-40-20-18-35/h3-5,7-8,10,12-13,16,21,27-29,33,36H,2,6,9,11,14-15,17-20,22-23H2,1H3,(H,34,37)/b16-13+/t27-,28-,29+/m0/s1. The van der Waals surface area contributed by atoms with E-state index in [0.29, 0.717) is 50.2 Å². The Kier molecular flexibility index (Phi) is 9.49. The molecule has 5 rings (SSSR count). The van der Waals surface area contributed by atoms with Crippen LogP contribution in [0.2, 0.25) is 0 Å². The van der Waals surface area contributed by atoms with E-state index in [-0.39, 0.29) is 18.5 Å². The topological polar surface area (TPSA) is 108 Å². The van der Waals surface area contributed by atoms with Crippen LogP contribution in [0, 0.1) is 0 Å². The third-order valence-corrected chi connectivity index (χ3v) is 11.7. The number of hydrogen-bond donors (Lipinski definition) is 3. The molecule has 1 saturated heterocycles. The molecule has 1 amide bonds. The lowest BCUT2D eigenvalue weighted by Crippen LogP contribution is -2.53. The van der Waals surface area contributed by atoms with Crippen LogP contribution in [0.4, 0.5) is 0 Å². The zero-order chi connectivity index (χ0) is 28.9. The predicted octanol–water partition coefficient (Wildman–Crippen LogP) is 3.30. The summed E-state index contributed by atoms with van der Waals surface area (Å²) in [5.41, 5.74) is 3.03. The van der Waals surface area contributed by atoms with Crippen molar-refractivity contribution in [1.82, 2.24) is 15.5 Å². The molecule has 3 atom stereocenters. The highest BCUT2D eigenvalue weighted by Crippen LogP contribution is 2.53. The molecule has 9 heteroatoms. The number of aliphatic hydroxyl groups excluding tert-OH is 1. The molecule has 1 aliphatic carbocycles. The van der Waals surface area contributed by atoms with Crippen molar-refractivity contribution in [2.24, 2.45) is 0 Å². The zero-order valence-corrected chi connectivity index (χ0v) is 24.7. The lowest BCUT2D eigenvalue weighted by molar-refractivity contribution is -0.118. The minimum Gasteiger partial charge on any atom is -0.390 e. The molecule has 0 unspecified atom stereocenters. The molecule has 2 aliphatic heterocycles. The summed E-state index contributed by atoms with van der Waals surface area (Å²) in [6, 6.07) is 15.1. The van der Waals surface area contributed by atoms with Crippen molar-refractivity contribution < 1.29 is 23.1 Å². The number of morpholine rings is 1. The molecule has 2 heterocycles. The number of nitrogens with one attached hydrogen (secondary N) is 2. The van der Waals surface area contributed by atoms with Gasteiger partial charge in [0.2, 0.25) is 5.91 Å². The van der Waals surface area contributed by atoms with Gasteiger partial charge in [0.05, 0.1) is 35.0 Å². The van der Waals surface area contributed by atoms with Crippen molar-refractivity contribution in [3.63, 3.8) is 0 Å². The molecule has 222 valence electrons. The van der Waals surface area contributed by atoms with Crippen LogP contribution < -0.4 is 10.6 Å². The van der Waals surface area contributed by atoms with E-state index < -0.39 is 26.7 Å². The summed E-state index contributed by atoms with van der Waals surface area (Å²) in [4.78, 5) is 15.4. The van der Waals surface area contributed by atoms with Gasteiger partial charge in [-0.15, -0.1) is 0 Å². The molecule has 1 saturated carbocycles. The van der Waals surface area contributed by atoms with E-state index in [0.717, 1.165) is 42.6 Å². The van der Waals surface area contributed by atoms with Gasteiger partial charge < -0.3 is 25.4 Å². The van der Waals surface area contributed by atoms with Crippen LogP contribution in [0.1, 0.15) is 61.8 Å². The maximum Gasteiger partial charge on any atom is 0.245 e. The van der Waals surface area contributed by atoms with Gasteiger partial charge in [0, 0.05) is 38.0 Å². The normalized spacial score (nSPS) is 22.6. The Balaban J connectivity index is 1.30. The monoisotopic (exact) mass is 581 g/mol. The van der Waals surface area contributed by atoms with Gasteiger partial charge in [0.15, 0.2) is 9.84 Å². The second-order valence-corrected chi connectivity index (χ2v) is 13.9. The number of aliphatic hydroxyl groups is 1. The molecular weight excluding hydrogens is 538 g/mol. The number of rotatable bonds is 11. The SMILES string of the molecule is CCc1ccc2c(c1)[C@@H](NC[C@@H](O)[C@H](CCc1ccccc1)NC(=O)/C=C/N1CCOCC1)CC1(CCC1)S2(=O)=O. The van der Waals surface area contributed by atoms with Gasteiger partial charge in [0.1, 0.15) is 0 Å². The Bertz CT molecular complexity index is 1320. The van der Waals surface area contributed by atoms with Crippen molar-refractivity contribution in [1.29, 1.82) is 0 Å². The van der Waals surface area contributed by atoms with Crippen LogP contribution in [0.5, 0.6) is 0 Å². The smallest absolute Gasteiger partial charge is 0.245 e. The number of carbonyl (C=O) groups excluding carboxylic acids is 1. The van der Waals surface area contributed by atoms with Crippen LogP contribution in [0.25, 0.3) is 0 Å². The maximum atomic E-state index is 13.6. The van der Waals surface area contributed by atoms with Crippen molar-refractivity contribution in [3.05, 3.63) is 77.5 Å². The minimum atomic E-state index is -3.41. The molecule has 2 aromatic carbocycles. The number of nitrogens with zero attached hydrogens (tertiary/aromatic N) is 1. The predicted molar refractivity (Wildman–Crippen MR) is 159 cm³/mol. The average Bonchev–Trinajstić information content (AvgIpc) is 2.97. The third kappa shape index (κ3) is 6.69. The van der Waals surface area contributed by atoms with E-state index in [1.807, 2.05) is 42.5 Å². The van der Waals surface area contributed by atoms with Crippen LogP contribution in [0.3, 0.4) is 0 Å². The van der Waals surface area contributed by atoms with E-state index in [1.54, 1.807) is 12.3 Å². The molecule has 2 aromatic rings. The van der Waals surface area contributed by atoms with E-state index >= 15 is 0 Å². The molecule has 1 spiro atoms. The molecule has 3 aliphatic rings. The Morgan fingerprint density at radius 3 is 2.59 bits per heavy atom. The number of ether oxygens (including phenoxy) is 1. The second-order valence-electron chi connectivity index (χ2n) is 11.6. The molecule has 41 heavy (non-hydrogen) atoms. The minimum absolute atomic E-state index is 0.179. The quantitative estimate of drug-likeness (QED) is 0.350. The van der Waals surface area contributed by atoms with E-state index in [1.165, 1.54) is 6.08 Å². The van der Waals surface area contributed by atoms with Crippen LogP contribution in [-0.2, 0) is 32.2 Å². The van der Waals surface area contributed by atoms with E-state index in [2.05, 4.69) is 22.5 Å². The van der Waals surface area contributed by atoms with Gasteiger partial charge in [-0.05, 0) is 61.3 Å². The highest BCUT2D eigenvalue weighted by Gasteiger charge is 2.54. The van der Waals surface area contributed by atoms with Crippen molar-refractivity contribution in [3.8, 4) is 0 Å². The molecule has 0 radical (unpaired) electrons. The number of benzene rings is 2. The third-order valence-electron chi connectivity index (χ3n) is 8.99. The fourth-order valence-corrected chi connectivity index (χ4v) is 8.69. The van der Waals surface area contributed by atoms with Crippen molar-refractivity contribution in [2.45, 2.75) is 79.7 Å². The van der Waals surface area contributed by atoms with Crippen LogP contribution >= 0.6 is 0 Å². The number of carbonyl (C=O) groups is 1. The number of aryl methyl sites for hydroxylation is 2. The van der Waals surface area contributed by atoms with Crippen molar-refractivity contribution >= 4 is 15.7 Å². The van der Waals surface area contributed by atoms with Gasteiger partial charge in [-0.3, -0.25) is 4.79 Å². The second kappa shape index (κ2) is 13.1. The van der Waals surface area contributed by atoms with Gasteiger partial charge in [0.25, 0.3) is 0 Å². The summed E-state index contributed by atoms with van der Waals surface area (Å²) in [5.74, 6) is -0.247. The van der Waals surface area contributed by atoms with Crippen molar-refractivity contribution in [2.75, 3.05) is 32.8 Å². The largest absolute Gasteiger partial charge is 0.390 e. The summed E-state index contributed by atoms with van der Waals surface area (Å²) in [7, 11) is -3.41. The molecular formula is C32H43N3O5S. The summed E-state index contributed by atoms with van der Waals surface area (Å²) >= 11 is 0. The first kappa shape index (κ1) is 29.8. The first-order valence-electron chi connectivity index (χ1n) is 14.9. The van der Waals surface area contributed by atoms with Gasteiger partial charge in [-0.2, -0.15) is 0 Å². The van der Waals surface area contributed by atoms with Crippen LogP contribution in [-0.4, -0.2) is 74.1 Å². The number of amides is 1. The van der Waals surface area contributed by atoms with Crippen LogP contribution in [0.15, 0.2) is 65.7 Å². The zero-order valence-electron chi connectivity index (χ0n) is 23.9. The fraction of sp³-hybridized carbons (Fsp3) is 0.531. The summed E-state index contributed by atoms with van der Waals surface area (Å²) in [6.07, 6.45) is 7.34. The average molecular weight is 582 g/mol. The van der Waals surface area contributed by atoms with Gasteiger partial charge in [-0.1, -0.05) is 55.8 Å². The number of hydrogen-bond acceptors (Lipinski definition) is 7. The molecule has 0 bridgehead atoms. The Labute approximate surface area is 244 Å². The van der Waals surface area contributed by atoms with E-state index in [4.69, 9.17) is 4.74 Å². The molecule has 3 N–H and O–H groups in total. The first-order chi connectivity index (χ1) is 19.8. The number of fused-ring (bicyclic) bond motifs is 1. The Morgan fingerprint density at radius 1 is 1.15 bits per heavy atom. The van der Waals surface area contributed by atoms with Gasteiger partial charge >= 0.3 is 0 Å². The fourth-order valence-electron chi connectivity index (χ4n) is 6.25. The summed E-state index contributed by atoms with van der Waals surface area (Å²) in [5, 5.41) is 17.9. The van der Waals surface area contributed by atoms with Gasteiger partial charge in [-0.25, -0.2) is 8.42 Å². The lowest BCUT2D eigenvalue weighted by Gasteiger charge is -2.47. The molecule has 2 fully saturated rings. The van der Waals surface area contributed by atoms with E-state index in [9.17, 15) is 18.3 Å². The Hall–Kier alpha value is -2.72. The lowest BCUT2D eigenvalue weighted by atomic mass is 9.77. The first-order valence-corrected chi connectivity index (χ1v) is 16.4. The highest BCUT2D eigenvalue weighted by molar-refractivity contribution is 7.93. The summed E-state index contributed by atoms with van der Waals surface area (Å²) < 4.78 is 31.8. The molecule has 8 nitrogen and oxygen atoms in total. The number of sulfone groups is 1. The summed E-state index contributed by atoms with van der Waals surface area (Å²) in [6.45, 7) is 5.07. The highest BCUT2D eigenvalue weighted by atomic mass is 32.2. The maximum absolute atomic E-state index is 13.6. The Morgan fingerprint density at radius 2 is 1.90 bits per heavy atom.